The number of ether oxygens (including phenoxy) is 1. The zero-order valence-corrected chi connectivity index (χ0v) is 8.97. The lowest BCUT2D eigenvalue weighted by Crippen LogP contribution is -2.04. The summed E-state index contributed by atoms with van der Waals surface area (Å²) in [6.07, 6.45) is 0.0420. The fourth-order valence-electron chi connectivity index (χ4n) is 0.810. The van der Waals surface area contributed by atoms with Crippen LogP contribution in [0.3, 0.4) is 0 Å². The summed E-state index contributed by atoms with van der Waals surface area (Å²) < 4.78 is 9.33. The molecule has 0 aromatic carbocycles. The normalized spacial score (nSPS) is 10.1. The first-order valence-corrected chi connectivity index (χ1v) is 5.37. The van der Waals surface area contributed by atoms with Gasteiger partial charge in [0.25, 0.3) is 0 Å². The molecule has 0 saturated carbocycles. The van der Waals surface area contributed by atoms with Gasteiger partial charge in [0.15, 0.2) is 5.82 Å². The fourth-order valence-corrected chi connectivity index (χ4v) is 1.31. The predicted octanol–water partition coefficient (Wildman–Crippen LogP) is 1.04. The predicted molar refractivity (Wildman–Crippen MR) is 51.9 cm³/mol. The molecule has 14 heavy (non-hydrogen) atoms. The summed E-state index contributed by atoms with van der Waals surface area (Å²) >= 11 is 1.70. The fraction of sp³-hybridized carbons (Fsp3) is 0.625. The summed E-state index contributed by atoms with van der Waals surface area (Å²) in [7, 11) is 1.33. The van der Waals surface area contributed by atoms with Gasteiger partial charge >= 0.3 is 5.97 Å². The molecule has 0 radical (unpaired) electrons. The van der Waals surface area contributed by atoms with Crippen LogP contribution in [0.2, 0.25) is 0 Å². The molecule has 1 aromatic rings. The van der Waals surface area contributed by atoms with Crippen molar-refractivity contribution >= 4 is 17.7 Å². The number of esters is 1. The molecule has 0 unspecified atom stereocenters. The van der Waals surface area contributed by atoms with Gasteiger partial charge in [-0.25, -0.2) is 0 Å². The van der Waals surface area contributed by atoms with E-state index in [1.807, 2.05) is 0 Å². The van der Waals surface area contributed by atoms with Crippen LogP contribution in [0.25, 0.3) is 0 Å². The van der Waals surface area contributed by atoms with Crippen LogP contribution in [0.15, 0.2) is 4.52 Å². The lowest BCUT2D eigenvalue weighted by Gasteiger charge is -1.91. The number of hydrogen-bond donors (Lipinski definition) is 0. The molecule has 1 rings (SSSR count). The quantitative estimate of drug-likeness (QED) is 0.685. The van der Waals surface area contributed by atoms with Crippen LogP contribution in [-0.4, -0.2) is 29.0 Å². The number of methoxy groups -OCH3 is 1. The Labute approximate surface area is 86.2 Å². The zero-order valence-electron chi connectivity index (χ0n) is 8.15. The summed E-state index contributed by atoms with van der Waals surface area (Å²) in [5, 5.41) is 3.73. The van der Waals surface area contributed by atoms with Gasteiger partial charge in [0.2, 0.25) is 5.89 Å². The SMILES string of the molecule is CCSCc1noc(CC(=O)OC)n1. The monoisotopic (exact) mass is 216 g/mol. The van der Waals surface area contributed by atoms with Crippen molar-refractivity contribution in [1.82, 2.24) is 10.1 Å². The van der Waals surface area contributed by atoms with Crippen LogP contribution in [0.4, 0.5) is 0 Å². The largest absolute Gasteiger partial charge is 0.469 e. The van der Waals surface area contributed by atoms with Gasteiger partial charge < -0.3 is 9.26 Å². The van der Waals surface area contributed by atoms with E-state index in [9.17, 15) is 4.79 Å². The number of hydrogen-bond acceptors (Lipinski definition) is 6. The molecular formula is C8H12N2O3S. The highest BCUT2D eigenvalue weighted by Crippen LogP contribution is 2.08. The van der Waals surface area contributed by atoms with Gasteiger partial charge in [0.05, 0.1) is 12.9 Å². The topological polar surface area (TPSA) is 65.2 Å². The van der Waals surface area contributed by atoms with E-state index in [0.29, 0.717) is 17.5 Å². The van der Waals surface area contributed by atoms with E-state index >= 15 is 0 Å². The minimum Gasteiger partial charge on any atom is -0.469 e. The third-order valence-electron chi connectivity index (χ3n) is 1.47. The Morgan fingerprint density at radius 3 is 3.07 bits per heavy atom. The van der Waals surface area contributed by atoms with E-state index in [1.165, 1.54) is 7.11 Å². The number of thioether (sulfide) groups is 1. The van der Waals surface area contributed by atoms with E-state index in [-0.39, 0.29) is 12.4 Å². The van der Waals surface area contributed by atoms with Crippen LogP contribution in [-0.2, 0) is 21.7 Å². The minimum absolute atomic E-state index is 0.0420. The standard InChI is InChI=1S/C8H12N2O3S/c1-3-14-5-6-9-7(13-10-6)4-8(11)12-2/h3-5H2,1-2H3. The van der Waals surface area contributed by atoms with Gasteiger partial charge in [0, 0.05) is 0 Å². The molecule has 1 aromatic heterocycles. The second-order valence-corrected chi connectivity index (χ2v) is 3.77. The van der Waals surface area contributed by atoms with Gasteiger partial charge in [-0.1, -0.05) is 12.1 Å². The van der Waals surface area contributed by atoms with Gasteiger partial charge in [-0.3, -0.25) is 4.79 Å². The maximum Gasteiger partial charge on any atom is 0.315 e. The average molecular weight is 216 g/mol. The van der Waals surface area contributed by atoms with E-state index < -0.39 is 0 Å². The van der Waals surface area contributed by atoms with E-state index in [4.69, 9.17) is 4.52 Å². The van der Waals surface area contributed by atoms with Gasteiger partial charge in [0.1, 0.15) is 6.42 Å². The second kappa shape index (κ2) is 5.64. The first-order valence-electron chi connectivity index (χ1n) is 4.22. The molecule has 0 saturated heterocycles. The first-order chi connectivity index (χ1) is 6.76. The molecule has 0 aliphatic rings. The van der Waals surface area contributed by atoms with Crippen molar-refractivity contribution in [2.45, 2.75) is 19.1 Å². The molecule has 0 amide bonds. The number of carbonyl (C=O) groups is 1. The number of nitrogens with zero attached hydrogens (tertiary/aromatic N) is 2. The van der Waals surface area contributed by atoms with Gasteiger partial charge in [-0.2, -0.15) is 16.7 Å². The Hall–Kier alpha value is -1.04. The summed E-state index contributed by atoms with van der Waals surface area (Å²) in [6, 6.07) is 0. The molecule has 0 aliphatic heterocycles. The lowest BCUT2D eigenvalue weighted by atomic mass is 10.4. The van der Waals surface area contributed by atoms with Crippen molar-refractivity contribution in [2.24, 2.45) is 0 Å². The van der Waals surface area contributed by atoms with Crippen molar-refractivity contribution < 1.29 is 14.1 Å². The van der Waals surface area contributed by atoms with E-state index in [0.717, 1.165) is 5.75 Å². The van der Waals surface area contributed by atoms with E-state index in [2.05, 4.69) is 21.8 Å². The van der Waals surface area contributed by atoms with Crippen molar-refractivity contribution in [3.8, 4) is 0 Å². The molecular weight excluding hydrogens is 204 g/mol. The van der Waals surface area contributed by atoms with Crippen LogP contribution >= 0.6 is 11.8 Å². The third-order valence-corrected chi connectivity index (χ3v) is 2.34. The Morgan fingerprint density at radius 2 is 2.43 bits per heavy atom. The second-order valence-electron chi connectivity index (χ2n) is 2.49. The Morgan fingerprint density at radius 1 is 1.64 bits per heavy atom. The van der Waals surface area contributed by atoms with E-state index in [1.54, 1.807) is 11.8 Å². The Balaban J connectivity index is 2.46. The maximum absolute atomic E-state index is 10.8. The van der Waals surface area contributed by atoms with Crippen molar-refractivity contribution in [1.29, 1.82) is 0 Å². The Kier molecular flexibility index (Phi) is 4.45. The highest BCUT2D eigenvalue weighted by Gasteiger charge is 2.10. The number of carbonyl (C=O) groups excluding carboxylic acids is 1. The molecule has 0 aliphatic carbocycles. The smallest absolute Gasteiger partial charge is 0.315 e. The molecule has 0 N–H and O–H groups in total. The van der Waals surface area contributed by atoms with Crippen LogP contribution in [0.5, 0.6) is 0 Å². The highest BCUT2D eigenvalue weighted by molar-refractivity contribution is 7.98. The van der Waals surface area contributed by atoms with Crippen molar-refractivity contribution in [2.75, 3.05) is 12.9 Å². The molecule has 5 nitrogen and oxygen atoms in total. The maximum atomic E-state index is 10.8. The molecule has 1 heterocycles. The summed E-state index contributed by atoms with van der Waals surface area (Å²) in [5.74, 6) is 2.27. The summed E-state index contributed by atoms with van der Waals surface area (Å²) in [6.45, 7) is 2.06. The highest BCUT2D eigenvalue weighted by atomic mass is 32.2. The summed E-state index contributed by atoms with van der Waals surface area (Å²) in [5.41, 5.74) is 0. The van der Waals surface area contributed by atoms with Gasteiger partial charge in [-0.15, -0.1) is 0 Å². The van der Waals surface area contributed by atoms with Crippen molar-refractivity contribution in [3.05, 3.63) is 11.7 Å². The average Bonchev–Trinajstić information content (AvgIpc) is 2.62. The molecule has 0 atom stereocenters. The van der Waals surface area contributed by atoms with Gasteiger partial charge in [-0.05, 0) is 5.75 Å². The lowest BCUT2D eigenvalue weighted by molar-refractivity contribution is -0.140. The number of aromatic nitrogens is 2. The first kappa shape index (κ1) is 11.0. The summed E-state index contributed by atoms with van der Waals surface area (Å²) in [4.78, 5) is 14.9. The number of rotatable bonds is 5. The van der Waals surface area contributed by atoms with Crippen LogP contribution in [0, 0.1) is 0 Å². The molecule has 0 fully saturated rings. The molecule has 6 heteroatoms. The minimum atomic E-state index is -0.372. The third kappa shape index (κ3) is 3.37. The Bertz CT molecular complexity index is 301. The van der Waals surface area contributed by atoms with Crippen LogP contribution < -0.4 is 0 Å². The molecule has 78 valence electrons. The molecule has 0 spiro atoms. The van der Waals surface area contributed by atoms with Crippen molar-refractivity contribution in [3.63, 3.8) is 0 Å². The van der Waals surface area contributed by atoms with Crippen LogP contribution in [0.1, 0.15) is 18.6 Å². The zero-order chi connectivity index (χ0) is 10.4. The molecule has 0 bridgehead atoms.